The molecule has 1 amide bonds. The van der Waals surface area contributed by atoms with Crippen molar-refractivity contribution in [2.24, 2.45) is 0 Å². The van der Waals surface area contributed by atoms with Gasteiger partial charge in [-0.25, -0.2) is 0 Å². The predicted octanol–water partition coefficient (Wildman–Crippen LogP) is 2.45. The summed E-state index contributed by atoms with van der Waals surface area (Å²) in [6.45, 7) is 3.04. The molecule has 16 heavy (non-hydrogen) atoms. The fourth-order valence-electron chi connectivity index (χ4n) is 1.60. The summed E-state index contributed by atoms with van der Waals surface area (Å²) >= 11 is 1.59. The largest absolute Gasteiger partial charge is 0.323 e. The Kier molecular flexibility index (Phi) is 3.85. The zero-order valence-electron chi connectivity index (χ0n) is 9.32. The highest BCUT2D eigenvalue weighted by molar-refractivity contribution is 8.00. The number of hydrogen-bond donors (Lipinski definition) is 2. The normalized spacial score (nSPS) is 19.1. The van der Waals surface area contributed by atoms with Gasteiger partial charge >= 0.3 is 0 Å². The van der Waals surface area contributed by atoms with E-state index >= 15 is 0 Å². The Morgan fingerprint density at radius 3 is 3.06 bits per heavy atom. The van der Waals surface area contributed by atoms with Crippen molar-refractivity contribution in [1.29, 1.82) is 0 Å². The first-order chi connectivity index (χ1) is 7.81. The minimum Gasteiger partial charge on any atom is -0.323 e. The van der Waals surface area contributed by atoms with E-state index in [0.717, 1.165) is 30.0 Å². The van der Waals surface area contributed by atoms with Crippen molar-refractivity contribution in [3.05, 3.63) is 24.3 Å². The molecular formula is C12H16N2OS. The van der Waals surface area contributed by atoms with Crippen LogP contribution in [0.15, 0.2) is 29.2 Å². The summed E-state index contributed by atoms with van der Waals surface area (Å²) in [5.41, 5.74) is 0.922. The zero-order chi connectivity index (χ0) is 11.4. The molecule has 1 aromatic carbocycles. The van der Waals surface area contributed by atoms with Crippen molar-refractivity contribution in [3.8, 4) is 0 Å². The summed E-state index contributed by atoms with van der Waals surface area (Å²) in [5, 5.41) is 6.03. The summed E-state index contributed by atoms with van der Waals surface area (Å²) in [6, 6.07) is 7.90. The van der Waals surface area contributed by atoms with Crippen LogP contribution in [0.25, 0.3) is 0 Å². The van der Waals surface area contributed by atoms with Gasteiger partial charge in [0, 0.05) is 4.90 Å². The monoisotopic (exact) mass is 236 g/mol. The van der Waals surface area contributed by atoms with Gasteiger partial charge in [-0.05, 0) is 25.1 Å². The average Bonchev–Trinajstić information content (AvgIpc) is 2.30. The van der Waals surface area contributed by atoms with E-state index in [9.17, 15) is 4.79 Å². The van der Waals surface area contributed by atoms with Gasteiger partial charge in [0.15, 0.2) is 0 Å². The van der Waals surface area contributed by atoms with E-state index in [4.69, 9.17) is 0 Å². The Morgan fingerprint density at radius 1 is 1.44 bits per heavy atom. The van der Waals surface area contributed by atoms with Gasteiger partial charge in [-0.15, -0.1) is 0 Å². The summed E-state index contributed by atoms with van der Waals surface area (Å²) in [4.78, 5) is 12.9. The summed E-state index contributed by atoms with van der Waals surface area (Å²) in [5.74, 6) is 0.0554. The number of carbonyl (C=O) groups excluding carboxylic acids is 1. The third-order valence-electron chi connectivity index (χ3n) is 2.49. The lowest BCUT2D eigenvalue weighted by molar-refractivity contribution is -0.116. The second kappa shape index (κ2) is 5.37. The molecule has 0 fully saturated rings. The Balaban J connectivity index is 2.01. The van der Waals surface area contributed by atoms with Crippen LogP contribution in [0, 0.1) is 0 Å². The summed E-state index contributed by atoms with van der Waals surface area (Å²) < 4.78 is 0. The minimum absolute atomic E-state index is 0.0554. The number of fused-ring (bicyclic) bond motifs is 1. The lowest BCUT2D eigenvalue weighted by atomic mass is 10.3. The van der Waals surface area contributed by atoms with Crippen LogP contribution in [0.3, 0.4) is 0 Å². The molecule has 4 heteroatoms. The van der Waals surface area contributed by atoms with Crippen LogP contribution in [-0.4, -0.2) is 17.8 Å². The lowest BCUT2D eigenvalue weighted by Crippen LogP contribution is -2.40. The van der Waals surface area contributed by atoms with Gasteiger partial charge in [0.2, 0.25) is 0 Å². The van der Waals surface area contributed by atoms with Crippen LogP contribution in [0.4, 0.5) is 5.69 Å². The molecule has 86 valence electrons. The van der Waals surface area contributed by atoms with Crippen LogP contribution in [0.2, 0.25) is 0 Å². The fraction of sp³-hybridized carbons (Fsp3) is 0.417. The first-order valence-corrected chi connectivity index (χ1v) is 6.49. The number of hydrogen-bond acceptors (Lipinski definition) is 3. The minimum atomic E-state index is -0.151. The molecule has 0 aliphatic carbocycles. The molecule has 1 atom stereocenters. The fourth-order valence-corrected chi connectivity index (χ4v) is 2.62. The van der Waals surface area contributed by atoms with Crippen molar-refractivity contribution in [2.45, 2.75) is 30.0 Å². The number of amides is 1. The lowest BCUT2D eigenvalue weighted by Gasteiger charge is -2.24. The van der Waals surface area contributed by atoms with Crippen LogP contribution < -0.4 is 10.6 Å². The highest BCUT2D eigenvalue weighted by Crippen LogP contribution is 2.34. The van der Waals surface area contributed by atoms with Gasteiger partial charge in [0.25, 0.3) is 5.91 Å². The van der Waals surface area contributed by atoms with E-state index in [2.05, 4.69) is 17.6 Å². The van der Waals surface area contributed by atoms with Gasteiger partial charge in [-0.2, -0.15) is 0 Å². The topological polar surface area (TPSA) is 41.1 Å². The van der Waals surface area contributed by atoms with Crippen molar-refractivity contribution in [3.63, 3.8) is 0 Å². The maximum atomic E-state index is 11.8. The van der Waals surface area contributed by atoms with Crippen LogP contribution >= 0.6 is 11.8 Å². The highest BCUT2D eigenvalue weighted by Gasteiger charge is 2.25. The van der Waals surface area contributed by atoms with E-state index in [1.807, 2.05) is 24.3 Å². The van der Waals surface area contributed by atoms with Gasteiger partial charge in [-0.1, -0.05) is 37.2 Å². The summed E-state index contributed by atoms with van der Waals surface area (Å²) in [7, 11) is 0. The van der Waals surface area contributed by atoms with Crippen molar-refractivity contribution in [1.82, 2.24) is 5.32 Å². The molecule has 2 rings (SSSR count). The Hall–Kier alpha value is -1.00. The van der Waals surface area contributed by atoms with Crippen LogP contribution in [0.5, 0.6) is 0 Å². The van der Waals surface area contributed by atoms with Gasteiger partial charge < -0.3 is 5.32 Å². The maximum absolute atomic E-state index is 11.8. The van der Waals surface area contributed by atoms with Gasteiger partial charge in [0.05, 0.1) is 5.69 Å². The average molecular weight is 236 g/mol. The third-order valence-corrected chi connectivity index (χ3v) is 3.71. The number of nitrogens with one attached hydrogen (secondary N) is 2. The number of para-hydroxylation sites is 1. The van der Waals surface area contributed by atoms with E-state index in [1.54, 1.807) is 11.8 Å². The van der Waals surface area contributed by atoms with Gasteiger partial charge in [-0.3, -0.25) is 10.1 Å². The Bertz CT molecular complexity index is 381. The molecule has 1 aromatic rings. The number of anilines is 1. The Morgan fingerprint density at radius 2 is 2.25 bits per heavy atom. The second-order valence-electron chi connectivity index (χ2n) is 3.79. The van der Waals surface area contributed by atoms with Crippen molar-refractivity contribution >= 4 is 23.4 Å². The molecule has 0 saturated carbocycles. The van der Waals surface area contributed by atoms with E-state index in [-0.39, 0.29) is 11.3 Å². The molecule has 1 heterocycles. The quantitative estimate of drug-likeness (QED) is 0.789. The van der Waals surface area contributed by atoms with E-state index in [0.29, 0.717) is 0 Å². The third kappa shape index (κ3) is 2.57. The molecular weight excluding hydrogens is 220 g/mol. The summed E-state index contributed by atoms with van der Waals surface area (Å²) in [6.07, 6.45) is 2.24. The highest BCUT2D eigenvalue weighted by atomic mass is 32.2. The zero-order valence-corrected chi connectivity index (χ0v) is 10.1. The molecule has 1 unspecified atom stereocenters. The van der Waals surface area contributed by atoms with Crippen LogP contribution in [0.1, 0.15) is 19.8 Å². The molecule has 0 saturated heterocycles. The molecule has 1 aliphatic rings. The van der Waals surface area contributed by atoms with Gasteiger partial charge in [0.1, 0.15) is 5.37 Å². The smallest absolute Gasteiger partial charge is 0.252 e. The molecule has 0 radical (unpaired) electrons. The predicted molar refractivity (Wildman–Crippen MR) is 67.6 cm³/mol. The number of benzene rings is 1. The number of thioether (sulfide) groups is 1. The first kappa shape index (κ1) is 11.5. The maximum Gasteiger partial charge on any atom is 0.252 e. The van der Waals surface area contributed by atoms with E-state index in [1.165, 1.54) is 0 Å². The van der Waals surface area contributed by atoms with Crippen LogP contribution in [-0.2, 0) is 4.79 Å². The van der Waals surface area contributed by atoms with Crippen molar-refractivity contribution in [2.75, 3.05) is 11.9 Å². The molecule has 0 bridgehead atoms. The number of unbranched alkanes of at least 4 members (excludes halogenated alkanes) is 1. The molecule has 0 aromatic heterocycles. The first-order valence-electron chi connectivity index (χ1n) is 5.61. The molecule has 3 nitrogen and oxygen atoms in total. The standard InChI is InChI=1S/C12H16N2OS/c1-2-3-8-13-12-11(15)14-9-6-4-5-7-10(9)16-12/h4-7,12-13H,2-3,8H2,1H3,(H,14,15). The second-order valence-corrected chi connectivity index (χ2v) is 4.94. The van der Waals surface area contributed by atoms with Crippen molar-refractivity contribution < 1.29 is 4.79 Å². The van der Waals surface area contributed by atoms with E-state index < -0.39 is 0 Å². The molecule has 0 spiro atoms. The number of rotatable bonds is 4. The molecule has 2 N–H and O–H groups in total. The SMILES string of the molecule is CCCCNC1Sc2ccccc2NC1=O. The molecule has 1 aliphatic heterocycles. The Labute approximate surface area is 100.0 Å². The number of carbonyl (C=O) groups is 1.